The third kappa shape index (κ3) is 4.15. The maximum absolute atomic E-state index is 5.12. The smallest absolute Gasteiger partial charge is 0.158 e. The topological polar surface area (TPSA) is 59.1 Å². The third-order valence-corrected chi connectivity index (χ3v) is 3.79. The van der Waals surface area contributed by atoms with E-state index in [1.165, 1.54) is 0 Å². The number of anilines is 3. The van der Waals surface area contributed by atoms with E-state index in [1.807, 2.05) is 31.2 Å². The summed E-state index contributed by atoms with van der Waals surface area (Å²) in [5.41, 5.74) is 2.14. The van der Waals surface area contributed by atoms with E-state index in [0.29, 0.717) is 12.4 Å². The molecule has 5 nitrogen and oxygen atoms in total. The van der Waals surface area contributed by atoms with Gasteiger partial charge in [0.05, 0.1) is 0 Å². The zero-order chi connectivity index (χ0) is 15.2. The summed E-state index contributed by atoms with van der Waals surface area (Å²) in [6, 6.07) is 7.91. The minimum Gasteiger partial charge on any atom is -0.377 e. The molecule has 0 saturated heterocycles. The minimum absolute atomic E-state index is 0.380. The molecule has 0 atom stereocenters. The Hall–Kier alpha value is -1.66. The molecule has 0 aliphatic rings. The van der Waals surface area contributed by atoms with Crippen LogP contribution >= 0.6 is 15.9 Å². The molecule has 2 rings (SSSR count). The number of ether oxygens (including phenoxy) is 1. The van der Waals surface area contributed by atoms with E-state index in [2.05, 4.69) is 43.5 Å². The van der Waals surface area contributed by atoms with E-state index in [9.17, 15) is 0 Å². The summed E-state index contributed by atoms with van der Waals surface area (Å²) in [6.45, 7) is 5.27. The minimum atomic E-state index is 0.380. The van der Waals surface area contributed by atoms with Gasteiger partial charge in [0, 0.05) is 29.9 Å². The molecule has 0 radical (unpaired) electrons. The Labute approximate surface area is 133 Å². The molecular formula is C15H19BrN4O. The predicted octanol–water partition coefficient (Wildman–Crippen LogP) is 3.87. The molecule has 0 saturated carbocycles. The number of hydrogen-bond acceptors (Lipinski definition) is 5. The molecule has 2 N–H and O–H groups in total. The summed E-state index contributed by atoms with van der Waals surface area (Å²) in [6.07, 6.45) is 0. The maximum atomic E-state index is 5.12. The largest absolute Gasteiger partial charge is 0.377 e. The third-order valence-electron chi connectivity index (χ3n) is 2.93. The molecular weight excluding hydrogens is 332 g/mol. The maximum Gasteiger partial charge on any atom is 0.158 e. The average molecular weight is 351 g/mol. The van der Waals surface area contributed by atoms with E-state index in [0.717, 1.165) is 33.9 Å². The number of rotatable bonds is 6. The second-order valence-corrected chi connectivity index (χ2v) is 5.41. The molecule has 0 amide bonds. The van der Waals surface area contributed by atoms with Crippen molar-refractivity contribution in [3.8, 4) is 0 Å². The number of nitrogens with one attached hydrogen (secondary N) is 2. The Morgan fingerprint density at radius 3 is 2.71 bits per heavy atom. The van der Waals surface area contributed by atoms with Crippen LogP contribution in [0.15, 0.2) is 28.7 Å². The van der Waals surface area contributed by atoms with Gasteiger partial charge < -0.3 is 15.4 Å². The van der Waals surface area contributed by atoms with Gasteiger partial charge in [0.15, 0.2) is 5.82 Å². The lowest BCUT2D eigenvalue weighted by molar-refractivity contribution is 0.178. The highest BCUT2D eigenvalue weighted by molar-refractivity contribution is 9.10. The van der Waals surface area contributed by atoms with E-state index < -0.39 is 0 Å². The van der Waals surface area contributed by atoms with Gasteiger partial charge in [0.2, 0.25) is 0 Å². The van der Waals surface area contributed by atoms with Gasteiger partial charge in [-0.05, 0) is 31.5 Å². The van der Waals surface area contributed by atoms with Crippen molar-refractivity contribution in [2.75, 3.05) is 24.3 Å². The summed E-state index contributed by atoms with van der Waals surface area (Å²) in [4.78, 5) is 8.87. The first-order chi connectivity index (χ1) is 10.1. The number of halogens is 1. The number of methoxy groups -OCH3 is 1. The van der Waals surface area contributed by atoms with Crippen molar-refractivity contribution >= 4 is 33.3 Å². The van der Waals surface area contributed by atoms with Crippen LogP contribution in [0.25, 0.3) is 0 Å². The molecule has 0 aliphatic carbocycles. The molecule has 21 heavy (non-hydrogen) atoms. The number of aromatic nitrogens is 2. The fourth-order valence-electron chi connectivity index (χ4n) is 1.91. The van der Waals surface area contributed by atoms with Crippen LogP contribution in [0.1, 0.15) is 18.3 Å². The van der Waals surface area contributed by atoms with Gasteiger partial charge in [-0.1, -0.05) is 22.0 Å². The van der Waals surface area contributed by atoms with Crippen LogP contribution in [0.5, 0.6) is 0 Å². The van der Waals surface area contributed by atoms with Crippen LogP contribution in [0, 0.1) is 6.92 Å². The van der Waals surface area contributed by atoms with Crippen molar-refractivity contribution in [3.63, 3.8) is 0 Å². The summed E-state index contributed by atoms with van der Waals surface area (Å²) in [5, 5.41) is 6.54. The second-order valence-electron chi connectivity index (χ2n) is 4.56. The lowest BCUT2D eigenvalue weighted by atomic mass is 10.2. The second kappa shape index (κ2) is 7.38. The highest BCUT2D eigenvalue weighted by Gasteiger charge is 2.07. The van der Waals surface area contributed by atoms with E-state index >= 15 is 0 Å². The van der Waals surface area contributed by atoms with Gasteiger partial charge in [-0.15, -0.1) is 0 Å². The molecule has 0 bridgehead atoms. The van der Waals surface area contributed by atoms with Gasteiger partial charge in [-0.3, -0.25) is 0 Å². The number of nitrogens with zero attached hydrogens (tertiary/aromatic N) is 2. The summed E-state index contributed by atoms with van der Waals surface area (Å²) >= 11 is 3.53. The van der Waals surface area contributed by atoms with Crippen molar-refractivity contribution < 1.29 is 4.74 Å². The summed E-state index contributed by atoms with van der Waals surface area (Å²) < 4.78 is 6.18. The Bertz CT molecular complexity index is 594. The van der Waals surface area contributed by atoms with Crippen molar-refractivity contribution in [1.29, 1.82) is 0 Å². The molecule has 0 spiro atoms. The first-order valence-corrected chi connectivity index (χ1v) is 7.56. The van der Waals surface area contributed by atoms with E-state index in [4.69, 9.17) is 4.74 Å². The zero-order valence-electron chi connectivity index (χ0n) is 12.4. The van der Waals surface area contributed by atoms with Crippen molar-refractivity contribution in [2.45, 2.75) is 20.5 Å². The normalized spacial score (nSPS) is 10.5. The Morgan fingerprint density at radius 2 is 2.00 bits per heavy atom. The lowest BCUT2D eigenvalue weighted by Gasteiger charge is -2.12. The highest BCUT2D eigenvalue weighted by Crippen LogP contribution is 2.26. The first-order valence-electron chi connectivity index (χ1n) is 6.77. The number of hydrogen-bond donors (Lipinski definition) is 2. The van der Waals surface area contributed by atoms with Crippen LogP contribution in [0.2, 0.25) is 0 Å². The average Bonchev–Trinajstić information content (AvgIpc) is 2.44. The molecule has 6 heteroatoms. The number of benzene rings is 1. The predicted molar refractivity (Wildman–Crippen MR) is 89.1 cm³/mol. The Morgan fingerprint density at radius 1 is 1.24 bits per heavy atom. The molecule has 2 aromatic rings. The first kappa shape index (κ1) is 15.7. The SMILES string of the molecule is CCNc1cc(Nc2cccc(Br)c2C)nc(COC)n1. The molecule has 1 heterocycles. The van der Waals surface area contributed by atoms with E-state index in [1.54, 1.807) is 7.11 Å². The van der Waals surface area contributed by atoms with Crippen LogP contribution < -0.4 is 10.6 Å². The molecule has 0 unspecified atom stereocenters. The monoisotopic (exact) mass is 350 g/mol. The fraction of sp³-hybridized carbons (Fsp3) is 0.333. The van der Waals surface area contributed by atoms with Crippen molar-refractivity contribution in [3.05, 3.63) is 40.1 Å². The van der Waals surface area contributed by atoms with Crippen LogP contribution in [0.3, 0.4) is 0 Å². The fourth-order valence-corrected chi connectivity index (χ4v) is 2.27. The van der Waals surface area contributed by atoms with Crippen molar-refractivity contribution in [2.24, 2.45) is 0 Å². The highest BCUT2D eigenvalue weighted by atomic mass is 79.9. The van der Waals surface area contributed by atoms with Gasteiger partial charge in [0.1, 0.15) is 18.2 Å². The van der Waals surface area contributed by atoms with Crippen molar-refractivity contribution in [1.82, 2.24) is 9.97 Å². The van der Waals surface area contributed by atoms with Crippen LogP contribution in [0.4, 0.5) is 17.3 Å². The molecule has 0 fully saturated rings. The Kier molecular flexibility index (Phi) is 5.52. The van der Waals surface area contributed by atoms with Gasteiger partial charge in [-0.25, -0.2) is 9.97 Å². The lowest BCUT2D eigenvalue weighted by Crippen LogP contribution is -2.07. The standard InChI is InChI=1S/C15H19BrN4O/c1-4-17-13-8-14(20-15(19-13)9-21-3)18-12-7-5-6-11(16)10(12)2/h5-8H,4,9H2,1-3H3,(H2,17,18,19,20). The zero-order valence-corrected chi connectivity index (χ0v) is 14.0. The van der Waals surface area contributed by atoms with Gasteiger partial charge in [0.25, 0.3) is 0 Å². The summed E-state index contributed by atoms with van der Waals surface area (Å²) in [7, 11) is 1.63. The van der Waals surface area contributed by atoms with Gasteiger partial charge >= 0.3 is 0 Å². The molecule has 1 aromatic heterocycles. The quantitative estimate of drug-likeness (QED) is 0.827. The Balaban J connectivity index is 2.31. The van der Waals surface area contributed by atoms with E-state index in [-0.39, 0.29) is 0 Å². The van der Waals surface area contributed by atoms with Crippen LogP contribution in [-0.4, -0.2) is 23.6 Å². The summed E-state index contributed by atoms with van der Waals surface area (Å²) in [5.74, 6) is 2.18. The molecule has 112 valence electrons. The molecule has 0 aliphatic heterocycles. The van der Waals surface area contributed by atoms with Gasteiger partial charge in [-0.2, -0.15) is 0 Å². The van der Waals surface area contributed by atoms with Crippen LogP contribution in [-0.2, 0) is 11.3 Å². The molecule has 1 aromatic carbocycles.